The topological polar surface area (TPSA) is 52.3 Å². The molecule has 0 saturated carbocycles. The van der Waals surface area contributed by atoms with Gasteiger partial charge in [-0.25, -0.2) is 0 Å². The van der Waals surface area contributed by atoms with E-state index in [1.807, 2.05) is 32.0 Å². The summed E-state index contributed by atoms with van der Waals surface area (Å²) in [7, 11) is 0. The van der Waals surface area contributed by atoms with Crippen molar-refractivity contribution < 1.29 is 4.74 Å². The van der Waals surface area contributed by atoms with Gasteiger partial charge in [0, 0.05) is 6.07 Å². The maximum absolute atomic E-state index is 5.95. The van der Waals surface area contributed by atoms with Crippen LogP contribution in [-0.4, -0.2) is 19.6 Å². The summed E-state index contributed by atoms with van der Waals surface area (Å²) in [6.45, 7) is 4.04. The first-order valence-corrected chi connectivity index (χ1v) is 6.13. The van der Waals surface area contributed by atoms with E-state index in [0.717, 1.165) is 16.9 Å². The average molecular weight is 275 g/mol. The van der Waals surface area contributed by atoms with Crippen molar-refractivity contribution in [2.75, 3.05) is 0 Å². The van der Waals surface area contributed by atoms with Crippen LogP contribution in [0.4, 0.5) is 0 Å². The Labute approximate surface area is 114 Å². The van der Waals surface area contributed by atoms with Gasteiger partial charge < -0.3 is 4.74 Å². The van der Waals surface area contributed by atoms with Gasteiger partial charge in [-0.15, -0.1) is 0 Å². The summed E-state index contributed by atoms with van der Waals surface area (Å²) in [5, 5.41) is 4.39. The second-order valence-corrected chi connectivity index (χ2v) is 4.58. The number of fused-ring (bicyclic) bond motifs is 1. The maximum atomic E-state index is 5.95. The lowest BCUT2D eigenvalue weighted by Gasteiger charge is -2.11. The Morgan fingerprint density at radius 1 is 1.26 bits per heavy atom. The van der Waals surface area contributed by atoms with Crippen molar-refractivity contribution in [3.8, 4) is 11.6 Å². The van der Waals surface area contributed by atoms with Crippen LogP contribution in [0, 0.1) is 13.8 Å². The average Bonchev–Trinajstić information content (AvgIpc) is 2.83. The molecule has 0 fully saturated rings. The van der Waals surface area contributed by atoms with Crippen LogP contribution in [0.5, 0.6) is 11.6 Å². The number of hydrogen-bond acceptors (Lipinski definition) is 4. The van der Waals surface area contributed by atoms with Gasteiger partial charge in [0.2, 0.25) is 5.88 Å². The van der Waals surface area contributed by atoms with Crippen LogP contribution >= 0.6 is 11.6 Å². The van der Waals surface area contributed by atoms with E-state index in [-0.39, 0.29) is 0 Å². The molecule has 0 atom stereocenters. The highest BCUT2D eigenvalue weighted by Crippen LogP contribution is 2.27. The molecule has 0 spiro atoms. The fourth-order valence-corrected chi connectivity index (χ4v) is 1.95. The molecule has 19 heavy (non-hydrogen) atoms. The number of rotatable bonds is 2. The van der Waals surface area contributed by atoms with E-state index in [1.165, 1.54) is 10.8 Å². The molecule has 3 aromatic rings. The Kier molecular flexibility index (Phi) is 2.83. The van der Waals surface area contributed by atoms with Gasteiger partial charge in [-0.1, -0.05) is 23.7 Å². The standard InChI is InChI=1S/C13H11ClN4O/c1-8-4-3-5-10(9(8)2)19-12-6-11(14)17-13-15-7-16-18(12)13/h3-7H,1-2H3. The SMILES string of the molecule is Cc1cccc(Oc2cc(Cl)nc3ncnn23)c1C. The van der Waals surface area contributed by atoms with Crippen LogP contribution in [0.2, 0.25) is 5.15 Å². The number of hydrogen-bond donors (Lipinski definition) is 0. The molecule has 6 heteroatoms. The Morgan fingerprint density at radius 2 is 2.11 bits per heavy atom. The lowest BCUT2D eigenvalue weighted by atomic mass is 10.1. The number of ether oxygens (including phenoxy) is 1. The van der Waals surface area contributed by atoms with Crippen LogP contribution in [0.25, 0.3) is 5.78 Å². The van der Waals surface area contributed by atoms with Crippen molar-refractivity contribution in [3.63, 3.8) is 0 Å². The van der Waals surface area contributed by atoms with Crippen molar-refractivity contribution in [2.45, 2.75) is 13.8 Å². The Morgan fingerprint density at radius 3 is 2.95 bits per heavy atom. The zero-order valence-electron chi connectivity index (χ0n) is 10.5. The first-order chi connectivity index (χ1) is 9.15. The van der Waals surface area contributed by atoms with Crippen molar-refractivity contribution in [1.29, 1.82) is 0 Å². The van der Waals surface area contributed by atoms with Crippen molar-refractivity contribution in [2.24, 2.45) is 0 Å². The molecule has 2 heterocycles. The van der Waals surface area contributed by atoms with Gasteiger partial charge in [-0.3, -0.25) is 0 Å². The van der Waals surface area contributed by atoms with Crippen LogP contribution in [0.3, 0.4) is 0 Å². The molecule has 5 nitrogen and oxygen atoms in total. The zero-order valence-corrected chi connectivity index (χ0v) is 11.2. The molecule has 0 saturated heterocycles. The summed E-state index contributed by atoms with van der Waals surface area (Å²) in [5.74, 6) is 1.66. The van der Waals surface area contributed by atoms with Crippen LogP contribution in [-0.2, 0) is 0 Å². The van der Waals surface area contributed by atoms with Gasteiger partial charge >= 0.3 is 0 Å². The molecule has 0 unspecified atom stereocenters. The van der Waals surface area contributed by atoms with E-state index in [0.29, 0.717) is 16.8 Å². The maximum Gasteiger partial charge on any atom is 0.256 e. The van der Waals surface area contributed by atoms with Crippen molar-refractivity contribution in [1.82, 2.24) is 19.6 Å². The monoisotopic (exact) mass is 274 g/mol. The third-order valence-corrected chi connectivity index (χ3v) is 3.15. The minimum Gasteiger partial charge on any atom is -0.438 e. The predicted molar refractivity (Wildman–Crippen MR) is 71.8 cm³/mol. The lowest BCUT2D eigenvalue weighted by molar-refractivity contribution is 0.442. The third-order valence-electron chi connectivity index (χ3n) is 2.96. The second-order valence-electron chi connectivity index (χ2n) is 4.19. The van der Waals surface area contributed by atoms with Crippen molar-refractivity contribution >= 4 is 17.4 Å². The molecule has 0 aliphatic heterocycles. The molecule has 96 valence electrons. The first kappa shape index (κ1) is 11.9. The summed E-state index contributed by atoms with van der Waals surface area (Å²) in [6, 6.07) is 7.50. The van der Waals surface area contributed by atoms with Crippen LogP contribution in [0.1, 0.15) is 11.1 Å². The smallest absolute Gasteiger partial charge is 0.256 e. The third kappa shape index (κ3) is 2.13. The highest BCUT2D eigenvalue weighted by molar-refractivity contribution is 6.29. The van der Waals surface area contributed by atoms with Gasteiger partial charge in [0.15, 0.2) is 0 Å². The largest absolute Gasteiger partial charge is 0.438 e. The zero-order chi connectivity index (χ0) is 13.4. The van der Waals surface area contributed by atoms with Gasteiger partial charge in [0.05, 0.1) is 0 Å². The number of nitrogens with zero attached hydrogens (tertiary/aromatic N) is 4. The molecule has 1 aromatic carbocycles. The number of aromatic nitrogens is 4. The number of halogens is 1. The summed E-state index contributed by atoms with van der Waals surface area (Å²) < 4.78 is 7.39. The minimum atomic E-state index is 0.320. The fraction of sp³-hybridized carbons (Fsp3) is 0.154. The summed E-state index contributed by atoms with van der Waals surface area (Å²) in [6.07, 6.45) is 1.41. The Hall–Kier alpha value is -2.14. The number of benzene rings is 1. The van der Waals surface area contributed by atoms with Crippen molar-refractivity contribution in [3.05, 3.63) is 46.9 Å². The molecule has 2 aromatic heterocycles. The minimum absolute atomic E-state index is 0.320. The first-order valence-electron chi connectivity index (χ1n) is 5.75. The lowest BCUT2D eigenvalue weighted by Crippen LogP contribution is -1.99. The summed E-state index contributed by atoms with van der Waals surface area (Å²) in [5.41, 5.74) is 2.23. The van der Waals surface area contributed by atoms with E-state index >= 15 is 0 Å². The second kappa shape index (κ2) is 4.51. The van der Waals surface area contributed by atoms with E-state index < -0.39 is 0 Å². The normalized spacial score (nSPS) is 10.9. The predicted octanol–water partition coefficient (Wildman–Crippen LogP) is 3.19. The van der Waals surface area contributed by atoms with Crippen LogP contribution in [0.15, 0.2) is 30.6 Å². The Balaban J connectivity index is 2.10. The molecule has 0 N–H and O–H groups in total. The Bertz CT molecular complexity index is 753. The highest BCUT2D eigenvalue weighted by Gasteiger charge is 2.10. The van der Waals surface area contributed by atoms with E-state index in [1.54, 1.807) is 6.07 Å². The molecule has 0 aliphatic rings. The molecule has 0 bridgehead atoms. The quantitative estimate of drug-likeness (QED) is 0.674. The van der Waals surface area contributed by atoms with Crippen LogP contribution < -0.4 is 4.74 Å². The molecule has 0 amide bonds. The van der Waals surface area contributed by atoms with Gasteiger partial charge in [0.25, 0.3) is 5.78 Å². The summed E-state index contributed by atoms with van der Waals surface area (Å²) in [4.78, 5) is 8.05. The molecular weight excluding hydrogens is 264 g/mol. The highest BCUT2D eigenvalue weighted by atomic mass is 35.5. The van der Waals surface area contributed by atoms with E-state index in [9.17, 15) is 0 Å². The fourth-order valence-electron chi connectivity index (χ4n) is 1.78. The summed E-state index contributed by atoms with van der Waals surface area (Å²) >= 11 is 5.95. The molecule has 0 aliphatic carbocycles. The molecule has 3 rings (SSSR count). The van der Waals surface area contributed by atoms with E-state index in [4.69, 9.17) is 16.3 Å². The number of aryl methyl sites for hydroxylation is 1. The van der Waals surface area contributed by atoms with Gasteiger partial charge in [0.1, 0.15) is 17.2 Å². The van der Waals surface area contributed by atoms with Gasteiger partial charge in [-0.05, 0) is 31.0 Å². The van der Waals surface area contributed by atoms with Gasteiger partial charge in [-0.2, -0.15) is 19.6 Å². The van der Waals surface area contributed by atoms with E-state index in [2.05, 4.69) is 15.1 Å². The molecular formula is C13H11ClN4O. The molecule has 0 radical (unpaired) electrons.